The molecule has 0 unspecified atom stereocenters. The molecule has 1 heterocycles. The molecule has 0 aromatic heterocycles. The SMILES string of the molecule is CCNC(=NCC(=O)N1CCc2ccccc21)NCCCOCCOC.I. The number of halogens is 1. The molecule has 152 valence electrons. The van der Waals surface area contributed by atoms with Crippen LogP contribution in [-0.4, -0.2) is 65.0 Å². The number of carbonyl (C=O) groups excluding carboxylic acids is 1. The maximum atomic E-state index is 12.5. The highest BCUT2D eigenvalue weighted by Gasteiger charge is 2.23. The van der Waals surface area contributed by atoms with Gasteiger partial charge in [-0.25, -0.2) is 4.99 Å². The number of fused-ring (bicyclic) bond motifs is 1. The molecule has 8 heteroatoms. The Balaban J connectivity index is 0.00000364. The van der Waals surface area contributed by atoms with E-state index in [1.165, 1.54) is 5.56 Å². The predicted molar refractivity (Wildman–Crippen MR) is 119 cm³/mol. The largest absolute Gasteiger partial charge is 0.382 e. The molecule has 0 atom stereocenters. The highest BCUT2D eigenvalue weighted by Crippen LogP contribution is 2.27. The molecule has 2 rings (SSSR count). The zero-order chi connectivity index (χ0) is 18.6. The summed E-state index contributed by atoms with van der Waals surface area (Å²) in [6.07, 6.45) is 1.77. The van der Waals surface area contributed by atoms with Crippen LogP contribution in [0.3, 0.4) is 0 Å². The van der Waals surface area contributed by atoms with E-state index in [0.29, 0.717) is 25.8 Å². The average molecular weight is 490 g/mol. The molecule has 0 radical (unpaired) electrons. The van der Waals surface area contributed by atoms with Crippen molar-refractivity contribution in [3.63, 3.8) is 0 Å². The predicted octanol–water partition coefficient (Wildman–Crippen LogP) is 1.80. The van der Waals surface area contributed by atoms with Gasteiger partial charge in [-0.15, -0.1) is 24.0 Å². The highest BCUT2D eigenvalue weighted by molar-refractivity contribution is 14.0. The Bertz CT molecular complexity index is 598. The number of hydrogen-bond acceptors (Lipinski definition) is 4. The summed E-state index contributed by atoms with van der Waals surface area (Å²) in [5, 5.41) is 6.40. The van der Waals surface area contributed by atoms with Crippen LogP contribution in [0.5, 0.6) is 0 Å². The van der Waals surface area contributed by atoms with Gasteiger partial charge >= 0.3 is 0 Å². The van der Waals surface area contributed by atoms with E-state index in [2.05, 4.69) is 21.7 Å². The van der Waals surface area contributed by atoms with Crippen molar-refractivity contribution in [3.05, 3.63) is 29.8 Å². The Kier molecular flexibility index (Phi) is 12.0. The van der Waals surface area contributed by atoms with Gasteiger partial charge < -0.3 is 25.0 Å². The van der Waals surface area contributed by atoms with Crippen LogP contribution in [0.4, 0.5) is 5.69 Å². The number of amides is 1. The molecule has 1 aliphatic heterocycles. The second kappa shape index (κ2) is 13.7. The Labute approximate surface area is 178 Å². The number of nitrogens with one attached hydrogen (secondary N) is 2. The molecule has 0 aliphatic carbocycles. The second-order valence-corrected chi connectivity index (χ2v) is 6.00. The van der Waals surface area contributed by atoms with Gasteiger partial charge in [0.2, 0.25) is 5.91 Å². The van der Waals surface area contributed by atoms with Crippen molar-refractivity contribution in [1.29, 1.82) is 0 Å². The van der Waals surface area contributed by atoms with E-state index in [1.54, 1.807) is 7.11 Å². The van der Waals surface area contributed by atoms with E-state index in [0.717, 1.165) is 38.2 Å². The fraction of sp³-hybridized carbons (Fsp3) is 0.579. The Morgan fingerprint density at radius 2 is 2.04 bits per heavy atom. The molecular weight excluding hydrogens is 459 g/mol. The monoisotopic (exact) mass is 490 g/mol. The lowest BCUT2D eigenvalue weighted by Crippen LogP contribution is -2.39. The number of rotatable bonds is 10. The fourth-order valence-corrected chi connectivity index (χ4v) is 2.80. The van der Waals surface area contributed by atoms with E-state index in [4.69, 9.17) is 9.47 Å². The van der Waals surface area contributed by atoms with Gasteiger partial charge in [0.1, 0.15) is 6.54 Å². The molecule has 0 spiro atoms. The van der Waals surface area contributed by atoms with E-state index >= 15 is 0 Å². The number of methoxy groups -OCH3 is 1. The summed E-state index contributed by atoms with van der Waals surface area (Å²) in [6.45, 7) is 6.24. The fourth-order valence-electron chi connectivity index (χ4n) is 2.80. The number of para-hydroxylation sites is 1. The lowest BCUT2D eigenvalue weighted by atomic mass is 10.2. The van der Waals surface area contributed by atoms with Gasteiger partial charge in [0, 0.05) is 39.0 Å². The lowest BCUT2D eigenvalue weighted by Gasteiger charge is -2.17. The molecule has 2 N–H and O–H groups in total. The molecular formula is C19H31IN4O3. The van der Waals surface area contributed by atoms with Gasteiger partial charge in [0.25, 0.3) is 0 Å². The van der Waals surface area contributed by atoms with Crippen molar-refractivity contribution in [3.8, 4) is 0 Å². The van der Waals surface area contributed by atoms with E-state index in [1.807, 2.05) is 30.0 Å². The summed E-state index contributed by atoms with van der Waals surface area (Å²) in [6, 6.07) is 8.05. The van der Waals surface area contributed by atoms with Crippen LogP contribution in [0.1, 0.15) is 18.9 Å². The maximum absolute atomic E-state index is 12.5. The Morgan fingerprint density at radius 1 is 1.22 bits per heavy atom. The number of guanidine groups is 1. The van der Waals surface area contributed by atoms with Gasteiger partial charge in [-0.3, -0.25) is 4.79 Å². The summed E-state index contributed by atoms with van der Waals surface area (Å²) in [5.41, 5.74) is 2.24. The van der Waals surface area contributed by atoms with Crippen molar-refractivity contribution in [2.75, 3.05) is 58.0 Å². The number of anilines is 1. The van der Waals surface area contributed by atoms with Crippen molar-refractivity contribution >= 4 is 41.5 Å². The minimum absolute atomic E-state index is 0. The third kappa shape index (κ3) is 8.02. The third-order valence-corrected chi connectivity index (χ3v) is 4.09. The van der Waals surface area contributed by atoms with Gasteiger partial charge in [-0.05, 0) is 31.4 Å². The smallest absolute Gasteiger partial charge is 0.248 e. The van der Waals surface area contributed by atoms with Gasteiger partial charge in [-0.1, -0.05) is 18.2 Å². The normalized spacial score (nSPS) is 13.1. The van der Waals surface area contributed by atoms with Crippen LogP contribution in [0.2, 0.25) is 0 Å². The van der Waals surface area contributed by atoms with Crippen molar-refractivity contribution in [1.82, 2.24) is 10.6 Å². The summed E-state index contributed by atoms with van der Waals surface area (Å²) >= 11 is 0. The van der Waals surface area contributed by atoms with E-state index in [-0.39, 0.29) is 36.4 Å². The number of ether oxygens (including phenoxy) is 2. The molecule has 1 amide bonds. The first kappa shape index (κ1) is 23.6. The molecule has 0 bridgehead atoms. The number of aliphatic imine (C=N–C) groups is 1. The Hall–Kier alpha value is -1.39. The quantitative estimate of drug-likeness (QED) is 0.227. The summed E-state index contributed by atoms with van der Waals surface area (Å²) in [4.78, 5) is 18.8. The molecule has 1 aliphatic rings. The highest BCUT2D eigenvalue weighted by atomic mass is 127. The van der Waals surface area contributed by atoms with Crippen LogP contribution in [0, 0.1) is 0 Å². The van der Waals surface area contributed by atoms with Gasteiger partial charge in [-0.2, -0.15) is 0 Å². The van der Waals surface area contributed by atoms with E-state index in [9.17, 15) is 4.79 Å². The third-order valence-electron chi connectivity index (χ3n) is 4.09. The van der Waals surface area contributed by atoms with Gasteiger partial charge in [0.05, 0.1) is 13.2 Å². The van der Waals surface area contributed by atoms with Gasteiger partial charge in [0.15, 0.2) is 5.96 Å². The Morgan fingerprint density at radius 3 is 2.81 bits per heavy atom. The number of carbonyl (C=O) groups is 1. The van der Waals surface area contributed by atoms with Crippen LogP contribution < -0.4 is 15.5 Å². The van der Waals surface area contributed by atoms with Crippen LogP contribution in [0.25, 0.3) is 0 Å². The van der Waals surface area contributed by atoms with Crippen molar-refractivity contribution in [2.24, 2.45) is 4.99 Å². The summed E-state index contributed by atoms with van der Waals surface area (Å²) in [7, 11) is 1.66. The first-order valence-corrected chi connectivity index (χ1v) is 9.23. The number of benzene rings is 1. The first-order valence-electron chi connectivity index (χ1n) is 9.23. The lowest BCUT2D eigenvalue weighted by molar-refractivity contribution is -0.117. The standard InChI is InChI=1S/C19H30N4O3.HI/c1-3-20-19(21-10-6-12-26-14-13-25-2)22-15-18(24)23-11-9-16-7-4-5-8-17(16)23;/h4-5,7-8H,3,6,9-15H2,1-2H3,(H2,20,21,22);1H. The van der Waals surface area contributed by atoms with Crippen LogP contribution in [0.15, 0.2) is 29.3 Å². The summed E-state index contributed by atoms with van der Waals surface area (Å²) < 4.78 is 10.4. The first-order chi connectivity index (χ1) is 12.8. The van der Waals surface area contributed by atoms with Crippen LogP contribution in [-0.2, 0) is 20.7 Å². The molecule has 0 saturated heterocycles. The minimum Gasteiger partial charge on any atom is -0.382 e. The molecule has 0 fully saturated rings. The minimum atomic E-state index is 0. The zero-order valence-corrected chi connectivity index (χ0v) is 18.5. The second-order valence-electron chi connectivity index (χ2n) is 6.00. The number of nitrogens with zero attached hydrogens (tertiary/aromatic N) is 2. The van der Waals surface area contributed by atoms with E-state index < -0.39 is 0 Å². The maximum Gasteiger partial charge on any atom is 0.248 e. The molecule has 27 heavy (non-hydrogen) atoms. The molecule has 0 saturated carbocycles. The topological polar surface area (TPSA) is 75.2 Å². The molecule has 7 nitrogen and oxygen atoms in total. The average Bonchev–Trinajstić information content (AvgIpc) is 3.09. The van der Waals surface area contributed by atoms with Crippen LogP contribution >= 0.6 is 24.0 Å². The zero-order valence-electron chi connectivity index (χ0n) is 16.2. The summed E-state index contributed by atoms with van der Waals surface area (Å²) in [5.74, 6) is 0.681. The number of hydrogen-bond donors (Lipinski definition) is 2. The molecule has 1 aromatic carbocycles. The van der Waals surface area contributed by atoms with Crippen molar-refractivity contribution in [2.45, 2.75) is 19.8 Å². The van der Waals surface area contributed by atoms with Crippen molar-refractivity contribution < 1.29 is 14.3 Å². The molecule has 1 aromatic rings.